The highest BCUT2D eigenvalue weighted by Gasteiger charge is 2.32. The van der Waals surface area contributed by atoms with E-state index in [1.165, 1.54) is 4.31 Å². The Kier molecular flexibility index (Phi) is 3.92. The average Bonchev–Trinajstić information content (AvgIpc) is 2.17. The van der Waals surface area contributed by atoms with Crippen molar-refractivity contribution < 1.29 is 8.42 Å². The zero-order valence-corrected chi connectivity index (χ0v) is 10.0. The molecule has 1 atom stereocenters. The number of hydrogen-bond donors (Lipinski definition) is 0. The maximum Gasteiger partial charge on any atom is 0.281 e. The summed E-state index contributed by atoms with van der Waals surface area (Å²) < 4.78 is 26.8. The van der Waals surface area contributed by atoms with Gasteiger partial charge in [-0.3, -0.25) is 0 Å². The van der Waals surface area contributed by atoms with E-state index in [1.54, 1.807) is 18.4 Å². The lowest BCUT2D eigenvalue weighted by Gasteiger charge is -2.35. The van der Waals surface area contributed by atoms with Gasteiger partial charge in [-0.15, -0.1) is 0 Å². The van der Waals surface area contributed by atoms with E-state index < -0.39 is 10.2 Å². The number of piperidine rings is 1. The van der Waals surface area contributed by atoms with E-state index in [-0.39, 0.29) is 6.04 Å². The second-order valence-corrected chi connectivity index (χ2v) is 6.05. The van der Waals surface area contributed by atoms with Gasteiger partial charge in [0.1, 0.15) is 0 Å². The highest BCUT2D eigenvalue weighted by Crippen LogP contribution is 2.23. The Hall–Kier alpha value is -0.130. The summed E-state index contributed by atoms with van der Waals surface area (Å²) in [4.78, 5) is 0. The summed E-state index contributed by atoms with van der Waals surface area (Å²) in [5, 5.41) is 0. The molecule has 1 aliphatic rings. The van der Waals surface area contributed by atoms with Crippen molar-refractivity contribution in [3.8, 4) is 0 Å². The van der Waals surface area contributed by atoms with Crippen LogP contribution in [0.4, 0.5) is 0 Å². The van der Waals surface area contributed by atoms with Gasteiger partial charge in [0.25, 0.3) is 10.2 Å². The molecular weight excluding hydrogens is 200 g/mol. The molecule has 0 aromatic rings. The van der Waals surface area contributed by atoms with Gasteiger partial charge in [0.05, 0.1) is 0 Å². The first-order chi connectivity index (χ1) is 6.50. The molecule has 84 valence electrons. The molecule has 0 bridgehead atoms. The zero-order valence-electron chi connectivity index (χ0n) is 9.23. The summed E-state index contributed by atoms with van der Waals surface area (Å²) in [6.07, 6.45) is 4.05. The normalized spacial score (nSPS) is 25.6. The predicted octanol–water partition coefficient (Wildman–Crippen LogP) is 1.06. The first kappa shape index (κ1) is 11.9. The molecule has 1 saturated heterocycles. The molecule has 1 heterocycles. The van der Waals surface area contributed by atoms with Crippen LogP contribution in [0.25, 0.3) is 0 Å². The molecule has 0 spiro atoms. The third-order valence-corrected chi connectivity index (χ3v) is 4.80. The van der Waals surface area contributed by atoms with E-state index in [4.69, 9.17) is 0 Å². The molecular formula is C9H20N2O2S. The molecule has 1 fully saturated rings. The minimum Gasteiger partial charge on any atom is -0.195 e. The van der Waals surface area contributed by atoms with Crippen LogP contribution in [-0.4, -0.2) is 43.7 Å². The van der Waals surface area contributed by atoms with E-state index in [0.29, 0.717) is 6.54 Å². The molecule has 1 rings (SSSR count). The summed E-state index contributed by atoms with van der Waals surface area (Å²) >= 11 is 0. The van der Waals surface area contributed by atoms with Crippen molar-refractivity contribution >= 4 is 10.2 Å². The fourth-order valence-electron chi connectivity index (χ4n) is 1.90. The lowest BCUT2D eigenvalue weighted by Crippen LogP contribution is -2.48. The van der Waals surface area contributed by atoms with Crippen molar-refractivity contribution in [1.29, 1.82) is 0 Å². The van der Waals surface area contributed by atoms with E-state index >= 15 is 0 Å². The van der Waals surface area contributed by atoms with Crippen molar-refractivity contribution in [2.45, 2.75) is 38.6 Å². The molecule has 14 heavy (non-hydrogen) atoms. The Balaban J connectivity index is 2.83. The van der Waals surface area contributed by atoms with Gasteiger partial charge in [0.2, 0.25) is 0 Å². The Morgan fingerprint density at radius 3 is 2.50 bits per heavy atom. The van der Waals surface area contributed by atoms with Crippen LogP contribution in [0.1, 0.15) is 32.6 Å². The second-order valence-electron chi connectivity index (χ2n) is 3.96. The number of rotatable bonds is 3. The van der Waals surface area contributed by atoms with Crippen LogP contribution in [-0.2, 0) is 10.2 Å². The molecule has 0 amide bonds. The lowest BCUT2D eigenvalue weighted by molar-refractivity contribution is 0.234. The molecule has 0 aromatic carbocycles. The van der Waals surface area contributed by atoms with E-state index in [1.807, 2.05) is 6.92 Å². The van der Waals surface area contributed by atoms with E-state index in [2.05, 4.69) is 0 Å². The fraction of sp³-hybridized carbons (Fsp3) is 1.00. The Morgan fingerprint density at radius 2 is 2.00 bits per heavy atom. The van der Waals surface area contributed by atoms with Crippen LogP contribution in [0.5, 0.6) is 0 Å². The topological polar surface area (TPSA) is 40.6 Å². The summed E-state index contributed by atoms with van der Waals surface area (Å²) in [6.45, 7) is 2.73. The Bertz CT molecular complexity index is 275. The van der Waals surface area contributed by atoms with Crippen LogP contribution in [0, 0.1) is 0 Å². The van der Waals surface area contributed by atoms with E-state index in [0.717, 1.165) is 25.7 Å². The Morgan fingerprint density at radius 1 is 1.36 bits per heavy atom. The number of hydrogen-bond acceptors (Lipinski definition) is 2. The van der Waals surface area contributed by atoms with Gasteiger partial charge in [-0.05, 0) is 19.3 Å². The lowest BCUT2D eigenvalue weighted by atomic mass is 10.0. The predicted molar refractivity (Wildman–Crippen MR) is 57.2 cm³/mol. The summed E-state index contributed by atoms with van der Waals surface area (Å²) in [6, 6.07) is 0.205. The van der Waals surface area contributed by atoms with Crippen molar-refractivity contribution in [2.75, 3.05) is 20.6 Å². The van der Waals surface area contributed by atoms with Crippen LogP contribution in [0.2, 0.25) is 0 Å². The molecule has 0 radical (unpaired) electrons. The molecule has 5 heteroatoms. The van der Waals surface area contributed by atoms with Crippen molar-refractivity contribution in [3.05, 3.63) is 0 Å². The number of nitrogens with zero attached hydrogens (tertiary/aromatic N) is 2. The van der Waals surface area contributed by atoms with Gasteiger partial charge in [-0.1, -0.05) is 13.3 Å². The second kappa shape index (κ2) is 4.59. The molecule has 0 N–H and O–H groups in total. The molecule has 0 aliphatic carbocycles. The smallest absolute Gasteiger partial charge is 0.195 e. The SMILES string of the molecule is CC[C@@H]1CCCCN1S(=O)(=O)N(C)C. The third-order valence-electron chi connectivity index (χ3n) is 2.80. The maximum absolute atomic E-state index is 11.9. The zero-order chi connectivity index (χ0) is 10.8. The minimum absolute atomic E-state index is 0.205. The maximum atomic E-state index is 11.9. The first-order valence-electron chi connectivity index (χ1n) is 5.19. The summed E-state index contributed by atoms with van der Waals surface area (Å²) in [7, 11) is -0.00674. The monoisotopic (exact) mass is 220 g/mol. The van der Waals surface area contributed by atoms with Gasteiger partial charge < -0.3 is 0 Å². The quantitative estimate of drug-likeness (QED) is 0.713. The fourth-order valence-corrected chi connectivity index (χ4v) is 3.31. The summed E-state index contributed by atoms with van der Waals surface area (Å²) in [5.41, 5.74) is 0. The van der Waals surface area contributed by atoms with Gasteiger partial charge in [0.15, 0.2) is 0 Å². The molecule has 0 aromatic heterocycles. The third kappa shape index (κ3) is 2.27. The van der Waals surface area contributed by atoms with Crippen LogP contribution >= 0.6 is 0 Å². The van der Waals surface area contributed by atoms with Crippen LogP contribution < -0.4 is 0 Å². The van der Waals surface area contributed by atoms with Gasteiger partial charge >= 0.3 is 0 Å². The first-order valence-corrected chi connectivity index (χ1v) is 6.59. The van der Waals surface area contributed by atoms with Crippen molar-refractivity contribution in [2.24, 2.45) is 0 Å². The largest absolute Gasteiger partial charge is 0.281 e. The van der Waals surface area contributed by atoms with Crippen molar-refractivity contribution in [3.63, 3.8) is 0 Å². The van der Waals surface area contributed by atoms with Crippen molar-refractivity contribution in [1.82, 2.24) is 8.61 Å². The van der Waals surface area contributed by atoms with Gasteiger partial charge in [-0.2, -0.15) is 17.0 Å². The molecule has 1 aliphatic heterocycles. The van der Waals surface area contributed by atoms with E-state index in [9.17, 15) is 8.42 Å². The standard InChI is InChI=1S/C9H20N2O2S/c1-4-9-7-5-6-8-11(9)14(12,13)10(2)3/h9H,4-8H2,1-3H3/t9-/m1/s1. The van der Waals surface area contributed by atoms with Crippen LogP contribution in [0.3, 0.4) is 0 Å². The van der Waals surface area contributed by atoms with Gasteiger partial charge in [0, 0.05) is 26.7 Å². The summed E-state index contributed by atoms with van der Waals surface area (Å²) in [5.74, 6) is 0. The minimum atomic E-state index is -3.19. The highest BCUT2D eigenvalue weighted by molar-refractivity contribution is 7.86. The van der Waals surface area contributed by atoms with Crippen LogP contribution in [0.15, 0.2) is 0 Å². The Labute approximate surface area is 87.1 Å². The average molecular weight is 220 g/mol. The highest BCUT2D eigenvalue weighted by atomic mass is 32.2. The molecule has 0 saturated carbocycles. The molecule has 0 unspecified atom stereocenters. The molecule has 4 nitrogen and oxygen atoms in total. The van der Waals surface area contributed by atoms with Gasteiger partial charge in [-0.25, -0.2) is 0 Å².